The molecule has 2 aliphatic heterocycles. The maximum absolute atomic E-state index is 12.8. The molecule has 1 aromatic heterocycles. The first-order valence-electron chi connectivity index (χ1n) is 8.06. The summed E-state index contributed by atoms with van der Waals surface area (Å²) in [5, 5.41) is 4.65. The zero-order chi connectivity index (χ0) is 16.7. The summed E-state index contributed by atoms with van der Waals surface area (Å²) in [6.45, 7) is 2.81. The molecule has 0 fully saturated rings. The van der Waals surface area contributed by atoms with Gasteiger partial charge in [0.2, 0.25) is 11.8 Å². The Morgan fingerprint density at radius 3 is 3.04 bits per heavy atom. The maximum Gasteiger partial charge on any atom is 0.238 e. The molecule has 3 heterocycles. The number of carbonyl (C=O) groups is 2. The molecule has 6 heteroatoms. The molecule has 0 unspecified atom stereocenters. The number of benzene rings is 1. The fourth-order valence-electron chi connectivity index (χ4n) is 3.35. The predicted molar refractivity (Wildman–Crippen MR) is 97.5 cm³/mol. The Morgan fingerprint density at radius 2 is 2.17 bits per heavy atom. The molecule has 1 aromatic carbocycles. The number of hydrogen-bond donors (Lipinski definition) is 1. The van der Waals surface area contributed by atoms with Gasteiger partial charge >= 0.3 is 0 Å². The van der Waals surface area contributed by atoms with E-state index in [1.54, 1.807) is 11.3 Å². The van der Waals surface area contributed by atoms with Crippen LogP contribution in [0, 0.1) is 0 Å². The molecule has 2 aliphatic rings. The van der Waals surface area contributed by atoms with Gasteiger partial charge in [-0.05, 0) is 42.5 Å². The van der Waals surface area contributed by atoms with E-state index in [1.165, 1.54) is 22.2 Å². The molecule has 4 nitrogen and oxygen atoms in total. The van der Waals surface area contributed by atoms with Gasteiger partial charge in [-0.2, -0.15) is 0 Å². The Bertz CT molecular complexity index is 802. The monoisotopic (exact) mass is 358 g/mol. The highest BCUT2D eigenvalue weighted by Gasteiger charge is 2.33. The Labute approximate surface area is 149 Å². The SMILES string of the molecule is C[C@H]1c2ccsc2CCN1C(=O)C[C@H]1Sc2ccccc2NC1=O. The third-order valence-electron chi connectivity index (χ3n) is 4.66. The van der Waals surface area contributed by atoms with Crippen LogP contribution in [0.2, 0.25) is 0 Å². The number of fused-ring (bicyclic) bond motifs is 2. The molecule has 4 rings (SSSR count). The highest BCUT2D eigenvalue weighted by atomic mass is 32.2. The zero-order valence-electron chi connectivity index (χ0n) is 13.3. The van der Waals surface area contributed by atoms with Crippen molar-refractivity contribution >= 4 is 40.6 Å². The number of hydrogen-bond acceptors (Lipinski definition) is 4. The number of carbonyl (C=O) groups excluding carboxylic acids is 2. The number of thiophene rings is 1. The van der Waals surface area contributed by atoms with Crippen LogP contribution in [-0.4, -0.2) is 28.5 Å². The van der Waals surface area contributed by atoms with Gasteiger partial charge in [-0.1, -0.05) is 12.1 Å². The van der Waals surface area contributed by atoms with E-state index in [4.69, 9.17) is 0 Å². The minimum absolute atomic E-state index is 0.0615. The van der Waals surface area contributed by atoms with Gasteiger partial charge in [0.1, 0.15) is 0 Å². The molecule has 0 radical (unpaired) electrons. The minimum Gasteiger partial charge on any atom is -0.335 e. The van der Waals surface area contributed by atoms with E-state index in [2.05, 4.69) is 23.7 Å². The Morgan fingerprint density at radius 1 is 1.33 bits per heavy atom. The first-order valence-corrected chi connectivity index (χ1v) is 9.81. The molecular weight excluding hydrogens is 340 g/mol. The number of anilines is 1. The smallest absolute Gasteiger partial charge is 0.238 e. The van der Waals surface area contributed by atoms with E-state index < -0.39 is 0 Å². The average molecular weight is 358 g/mol. The lowest BCUT2D eigenvalue weighted by Gasteiger charge is -2.35. The van der Waals surface area contributed by atoms with E-state index in [1.807, 2.05) is 29.2 Å². The summed E-state index contributed by atoms with van der Waals surface area (Å²) in [5.41, 5.74) is 2.09. The number of nitrogens with one attached hydrogen (secondary N) is 1. The second kappa shape index (κ2) is 6.26. The van der Waals surface area contributed by atoms with Crippen LogP contribution in [0.5, 0.6) is 0 Å². The van der Waals surface area contributed by atoms with Crippen molar-refractivity contribution in [3.63, 3.8) is 0 Å². The number of rotatable bonds is 2. The van der Waals surface area contributed by atoms with Gasteiger partial charge < -0.3 is 10.2 Å². The van der Waals surface area contributed by atoms with Crippen molar-refractivity contribution in [1.29, 1.82) is 0 Å². The first-order chi connectivity index (χ1) is 11.6. The van der Waals surface area contributed by atoms with Crippen LogP contribution in [0.1, 0.15) is 29.8 Å². The summed E-state index contributed by atoms with van der Waals surface area (Å²) < 4.78 is 0. The van der Waals surface area contributed by atoms with E-state index in [9.17, 15) is 9.59 Å². The van der Waals surface area contributed by atoms with Crippen LogP contribution in [0.4, 0.5) is 5.69 Å². The molecule has 2 aromatic rings. The quantitative estimate of drug-likeness (QED) is 0.891. The summed E-state index contributed by atoms with van der Waals surface area (Å²) in [5.74, 6) is -0.0145. The molecule has 24 heavy (non-hydrogen) atoms. The van der Waals surface area contributed by atoms with Gasteiger partial charge in [0.25, 0.3) is 0 Å². The third-order valence-corrected chi connectivity index (χ3v) is 6.94. The molecule has 124 valence electrons. The lowest BCUT2D eigenvalue weighted by atomic mass is 10.0. The van der Waals surface area contributed by atoms with E-state index in [0.29, 0.717) is 0 Å². The summed E-state index contributed by atoms with van der Waals surface area (Å²) in [6.07, 6.45) is 1.16. The van der Waals surface area contributed by atoms with Crippen LogP contribution < -0.4 is 5.32 Å². The molecule has 0 aliphatic carbocycles. The van der Waals surface area contributed by atoms with Crippen molar-refractivity contribution in [2.75, 3.05) is 11.9 Å². The fourth-order valence-corrected chi connectivity index (χ4v) is 5.42. The number of para-hydroxylation sites is 1. The second-order valence-electron chi connectivity index (χ2n) is 6.11. The summed E-state index contributed by atoms with van der Waals surface area (Å²) in [7, 11) is 0. The minimum atomic E-state index is -0.358. The highest BCUT2D eigenvalue weighted by Crippen LogP contribution is 2.38. The summed E-state index contributed by atoms with van der Waals surface area (Å²) in [4.78, 5) is 29.4. The van der Waals surface area contributed by atoms with Crippen molar-refractivity contribution in [2.24, 2.45) is 0 Å². The number of nitrogens with zero attached hydrogens (tertiary/aromatic N) is 1. The standard InChI is InChI=1S/C18H18N2O2S2/c1-11-12-7-9-23-14(12)6-8-20(11)17(21)10-16-18(22)19-13-4-2-3-5-15(13)24-16/h2-5,7,9,11,16H,6,8,10H2,1H3,(H,19,22)/t11-,16+/m0/s1. The van der Waals surface area contributed by atoms with Crippen molar-refractivity contribution in [3.05, 3.63) is 46.2 Å². The van der Waals surface area contributed by atoms with E-state index >= 15 is 0 Å². The van der Waals surface area contributed by atoms with Crippen molar-refractivity contribution in [3.8, 4) is 0 Å². The van der Waals surface area contributed by atoms with Gasteiger partial charge in [0, 0.05) is 22.7 Å². The van der Waals surface area contributed by atoms with E-state index in [0.717, 1.165) is 23.5 Å². The molecule has 2 atom stereocenters. The second-order valence-corrected chi connectivity index (χ2v) is 8.35. The predicted octanol–water partition coefficient (Wildman–Crippen LogP) is 3.70. The lowest BCUT2D eigenvalue weighted by Crippen LogP contribution is -2.41. The van der Waals surface area contributed by atoms with Gasteiger partial charge in [0.15, 0.2) is 0 Å². The molecule has 0 saturated carbocycles. The molecule has 0 bridgehead atoms. The lowest BCUT2D eigenvalue weighted by molar-refractivity contribution is -0.135. The van der Waals surface area contributed by atoms with Gasteiger partial charge in [-0.15, -0.1) is 23.1 Å². The van der Waals surface area contributed by atoms with Crippen LogP contribution in [0.15, 0.2) is 40.6 Å². The molecule has 0 spiro atoms. The van der Waals surface area contributed by atoms with Crippen molar-refractivity contribution in [1.82, 2.24) is 4.90 Å². The van der Waals surface area contributed by atoms with Crippen LogP contribution in [-0.2, 0) is 16.0 Å². The van der Waals surface area contributed by atoms with Crippen LogP contribution in [0.25, 0.3) is 0 Å². The zero-order valence-corrected chi connectivity index (χ0v) is 15.0. The van der Waals surface area contributed by atoms with Crippen LogP contribution >= 0.6 is 23.1 Å². The first kappa shape index (κ1) is 15.7. The molecule has 0 saturated heterocycles. The Hall–Kier alpha value is -1.79. The fraction of sp³-hybridized carbons (Fsp3) is 0.333. The van der Waals surface area contributed by atoms with Crippen molar-refractivity contribution in [2.45, 2.75) is 36.0 Å². The van der Waals surface area contributed by atoms with Crippen LogP contribution in [0.3, 0.4) is 0 Å². The Kier molecular flexibility index (Phi) is 4.10. The molecule has 1 N–H and O–H groups in total. The van der Waals surface area contributed by atoms with Crippen molar-refractivity contribution < 1.29 is 9.59 Å². The Balaban J connectivity index is 1.48. The third kappa shape index (κ3) is 2.74. The topological polar surface area (TPSA) is 49.4 Å². The van der Waals surface area contributed by atoms with Gasteiger partial charge in [-0.25, -0.2) is 0 Å². The van der Waals surface area contributed by atoms with Gasteiger partial charge in [-0.3, -0.25) is 9.59 Å². The summed E-state index contributed by atoms with van der Waals surface area (Å²) >= 11 is 3.25. The largest absolute Gasteiger partial charge is 0.335 e. The normalized spacial score (nSPS) is 22.5. The number of amides is 2. The average Bonchev–Trinajstić information content (AvgIpc) is 3.05. The van der Waals surface area contributed by atoms with Gasteiger partial charge in [0.05, 0.1) is 17.0 Å². The molecular formula is C18H18N2O2S2. The van der Waals surface area contributed by atoms with E-state index in [-0.39, 0.29) is 29.5 Å². The summed E-state index contributed by atoms with van der Waals surface area (Å²) in [6, 6.07) is 9.94. The number of thioether (sulfide) groups is 1. The highest BCUT2D eigenvalue weighted by molar-refractivity contribution is 8.01. The maximum atomic E-state index is 12.8. The molecule has 2 amide bonds.